The number of phenolic OH excluding ortho intramolecular Hbond substituents is 1. The number of nitrogens with one attached hydrogen (secondary N) is 1. The first kappa shape index (κ1) is 32.5. The molecule has 1 fully saturated rings. The number of rotatable bonds is 8. The number of hydrogen-bond acceptors (Lipinski definition) is 11. The molecule has 13 nitrogen and oxygen atoms in total. The Kier molecular flexibility index (Phi) is 8.04. The number of ketones is 2. The van der Waals surface area contributed by atoms with Crippen molar-refractivity contribution < 1.29 is 39.6 Å². The number of hydrogen-bond donors (Lipinski definition) is 6. The van der Waals surface area contributed by atoms with Crippen LogP contribution in [0.25, 0.3) is 0 Å². The number of carbonyl (C=O) groups is 4. The Labute approximate surface area is 262 Å². The lowest BCUT2D eigenvalue weighted by molar-refractivity contribution is -0.148. The lowest BCUT2D eigenvalue weighted by Crippen LogP contribution is -2.63. The van der Waals surface area contributed by atoms with Gasteiger partial charge in [0.15, 0.2) is 17.1 Å². The third-order valence-electron chi connectivity index (χ3n) is 10.4. The third kappa shape index (κ3) is 4.79. The molecule has 0 radical (unpaired) electrons. The predicted molar refractivity (Wildman–Crippen MR) is 166 cm³/mol. The van der Waals surface area contributed by atoms with Crippen LogP contribution in [0.4, 0.5) is 11.4 Å². The number of likely N-dealkylation sites (tertiary alicyclic amines) is 1. The monoisotopic (exact) mass is 625 g/mol. The summed E-state index contributed by atoms with van der Waals surface area (Å²) in [4.78, 5) is 58.3. The van der Waals surface area contributed by atoms with E-state index < -0.39 is 63.8 Å². The summed E-state index contributed by atoms with van der Waals surface area (Å²) >= 11 is 0. The lowest BCUT2D eigenvalue weighted by atomic mass is 9.58. The van der Waals surface area contributed by atoms with Gasteiger partial charge in [-0.1, -0.05) is 13.8 Å². The van der Waals surface area contributed by atoms with Crippen LogP contribution in [0, 0.1) is 17.3 Å². The summed E-state index contributed by atoms with van der Waals surface area (Å²) in [7, 11) is 6.68. The molecule has 7 N–H and O–H groups in total. The highest BCUT2D eigenvalue weighted by molar-refractivity contribution is 6.25. The SMILES string of the molecule is CCC1(CC)CN(CC(=O)Nc2cc(N(C)C)c3c(c2O)C(=O)C2=C(O)[C@]4(O)C(=O)C(C(N)=O)=C(O)[C@@H](N(C)C)[C@@H]4C[C@@H]2C3)C1. The van der Waals surface area contributed by atoms with Crippen LogP contribution in [0.2, 0.25) is 0 Å². The van der Waals surface area contributed by atoms with E-state index in [-0.39, 0.29) is 47.5 Å². The molecule has 0 spiro atoms. The van der Waals surface area contributed by atoms with E-state index in [4.69, 9.17) is 5.73 Å². The van der Waals surface area contributed by atoms with Gasteiger partial charge in [0.05, 0.1) is 23.8 Å². The fourth-order valence-electron chi connectivity index (χ4n) is 7.90. The molecule has 3 aliphatic carbocycles. The Morgan fingerprint density at radius 2 is 1.71 bits per heavy atom. The first-order valence-corrected chi connectivity index (χ1v) is 15.3. The maximum absolute atomic E-state index is 14.2. The maximum Gasteiger partial charge on any atom is 0.255 e. The number of phenols is 1. The molecule has 4 aliphatic rings. The second-order valence-corrected chi connectivity index (χ2v) is 13.4. The number of aliphatic hydroxyl groups is 3. The number of aliphatic hydroxyl groups excluding tert-OH is 2. The minimum absolute atomic E-state index is 0.00920. The largest absolute Gasteiger partial charge is 0.510 e. The van der Waals surface area contributed by atoms with Crippen LogP contribution in [0.5, 0.6) is 5.75 Å². The normalized spacial score (nSPS) is 27.5. The number of Topliss-reactive ketones (excluding diaryl/α,β-unsaturated/α-hetero) is 2. The average molecular weight is 626 g/mol. The Morgan fingerprint density at radius 3 is 2.24 bits per heavy atom. The van der Waals surface area contributed by atoms with E-state index in [1.807, 2.05) is 4.90 Å². The van der Waals surface area contributed by atoms with Crippen LogP contribution in [0.15, 0.2) is 28.7 Å². The van der Waals surface area contributed by atoms with Crippen molar-refractivity contribution in [2.45, 2.75) is 51.2 Å². The third-order valence-corrected chi connectivity index (χ3v) is 10.4. The van der Waals surface area contributed by atoms with Gasteiger partial charge in [-0.05, 0) is 62.7 Å². The van der Waals surface area contributed by atoms with E-state index in [2.05, 4.69) is 19.2 Å². The highest BCUT2D eigenvalue weighted by Gasteiger charge is 2.63. The summed E-state index contributed by atoms with van der Waals surface area (Å²) in [6.45, 7) is 5.97. The fraction of sp³-hybridized carbons (Fsp3) is 0.562. The van der Waals surface area contributed by atoms with Gasteiger partial charge in [0, 0.05) is 44.4 Å². The molecule has 13 heteroatoms. The van der Waals surface area contributed by atoms with Gasteiger partial charge in [-0.3, -0.25) is 29.0 Å². The number of benzene rings is 1. The molecule has 1 aromatic rings. The number of carbonyl (C=O) groups excluding carboxylic acids is 4. The number of nitrogens with zero attached hydrogens (tertiary/aromatic N) is 3. The van der Waals surface area contributed by atoms with Gasteiger partial charge in [-0.25, -0.2) is 0 Å². The second kappa shape index (κ2) is 11.1. The average Bonchev–Trinajstić information content (AvgIpc) is 2.93. The summed E-state index contributed by atoms with van der Waals surface area (Å²) in [5.74, 6) is -7.59. The molecule has 244 valence electrons. The van der Waals surface area contributed by atoms with Gasteiger partial charge in [0.1, 0.15) is 17.1 Å². The first-order chi connectivity index (χ1) is 21.0. The number of allylic oxidation sites excluding steroid dienone is 1. The van der Waals surface area contributed by atoms with Crippen LogP contribution in [-0.4, -0.2) is 113 Å². The van der Waals surface area contributed by atoms with Crippen LogP contribution in [0.1, 0.15) is 49.0 Å². The van der Waals surface area contributed by atoms with Crippen molar-refractivity contribution in [2.24, 2.45) is 23.0 Å². The molecule has 5 rings (SSSR count). The smallest absolute Gasteiger partial charge is 0.255 e. The zero-order valence-electron chi connectivity index (χ0n) is 26.6. The standard InChI is InChI=1S/C32H43N5O8/c1-7-31(8-2)13-37(14-31)12-20(38)34-18-11-19(35(3)4)16-9-15-10-17-24(36(5)6)27(41)23(30(33)44)29(43)32(17,45)28(42)21(15)26(40)22(16)25(18)39/h11,15,17,24,39,41-42,45H,7-10,12-14H2,1-6H3,(H2,33,44)(H,34,38)/t15-,17-,24-,32-/m0/s1. The maximum atomic E-state index is 14.2. The van der Waals surface area contributed by atoms with E-state index in [1.165, 1.54) is 4.90 Å². The van der Waals surface area contributed by atoms with Crippen molar-refractivity contribution in [3.63, 3.8) is 0 Å². The lowest BCUT2D eigenvalue weighted by Gasteiger charge is -2.50. The van der Waals surface area contributed by atoms with Crippen LogP contribution < -0.4 is 16.0 Å². The molecular formula is C32H43N5O8. The molecule has 0 aromatic heterocycles. The molecule has 1 aliphatic heterocycles. The summed E-state index contributed by atoms with van der Waals surface area (Å²) in [6.07, 6.45) is 2.17. The second-order valence-electron chi connectivity index (χ2n) is 13.4. The first-order valence-electron chi connectivity index (χ1n) is 15.3. The van der Waals surface area contributed by atoms with Crippen molar-refractivity contribution in [2.75, 3.05) is 58.0 Å². The summed E-state index contributed by atoms with van der Waals surface area (Å²) in [5.41, 5.74) is 2.67. The summed E-state index contributed by atoms with van der Waals surface area (Å²) < 4.78 is 0. The zero-order chi connectivity index (χ0) is 33.3. The van der Waals surface area contributed by atoms with E-state index in [9.17, 15) is 39.6 Å². The van der Waals surface area contributed by atoms with E-state index >= 15 is 0 Å². The Hall–Kier alpha value is -3.94. The topological polar surface area (TPSA) is 197 Å². The van der Waals surface area contributed by atoms with E-state index in [0.29, 0.717) is 11.3 Å². The van der Waals surface area contributed by atoms with Crippen LogP contribution >= 0.6 is 0 Å². The Bertz CT molecular complexity index is 1550. The van der Waals surface area contributed by atoms with Gasteiger partial charge in [-0.2, -0.15) is 0 Å². The van der Waals surface area contributed by atoms with Gasteiger partial charge in [0.2, 0.25) is 11.7 Å². The van der Waals surface area contributed by atoms with Crippen molar-refractivity contribution in [1.29, 1.82) is 0 Å². The molecule has 1 aromatic carbocycles. The molecule has 2 amide bonds. The Morgan fingerprint density at radius 1 is 1.09 bits per heavy atom. The molecule has 4 atom stereocenters. The zero-order valence-corrected chi connectivity index (χ0v) is 26.6. The number of primary amides is 1. The fourth-order valence-corrected chi connectivity index (χ4v) is 7.90. The minimum atomic E-state index is -2.72. The number of fused-ring (bicyclic) bond motifs is 3. The van der Waals surface area contributed by atoms with Gasteiger partial charge in [0.25, 0.3) is 5.91 Å². The number of nitrogens with two attached hydrogens (primary N) is 1. The number of aromatic hydroxyl groups is 1. The predicted octanol–water partition coefficient (Wildman–Crippen LogP) is 1.25. The molecule has 0 bridgehead atoms. The molecule has 1 heterocycles. The van der Waals surface area contributed by atoms with E-state index in [1.54, 1.807) is 39.2 Å². The molecule has 1 saturated heterocycles. The van der Waals surface area contributed by atoms with Crippen LogP contribution in [0.3, 0.4) is 0 Å². The highest BCUT2D eigenvalue weighted by atomic mass is 16.3. The van der Waals surface area contributed by atoms with Crippen molar-refractivity contribution in [3.8, 4) is 5.75 Å². The van der Waals surface area contributed by atoms with Gasteiger partial charge >= 0.3 is 0 Å². The molecular weight excluding hydrogens is 582 g/mol. The molecule has 0 unspecified atom stereocenters. The molecule has 0 saturated carbocycles. The van der Waals surface area contributed by atoms with Crippen molar-refractivity contribution >= 4 is 34.8 Å². The number of amides is 2. The summed E-state index contributed by atoms with van der Waals surface area (Å²) in [6, 6.07) is 0.535. The number of anilines is 2. The number of likely N-dealkylation sites (N-methyl/N-ethyl adjacent to an activating group) is 1. The highest BCUT2D eigenvalue weighted by Crippen LogP contribution is 2.54. The van der Waals surface area contributed by atoms with Crippen molar-refractivity contribution in [3.05, 3.63) is 39.9 Å². The van der Waals surface area contributed by atoms with Crippen LogP contribution in [-0.2, 0) is 20.8 Å². The molecule has 45 heavy (non-hydrogen) atoms. The minimum Gasteiger partial charge on any atom is -0.510 e. The Balaban J connectivity index is 1.56. The van der Waals surface area contributed by atoms with Gasteiger partial charge < -0.3 is 36.4 Å². The summed E-state index contributed by atoms with van der Waals surface area (Å²) in [5, 5.41) is 48.5. The quantitative estimate of drug-likeness (QED) is 0.180. The van der Waals surface area contributed by atoms with Gasteiger partial charge in [-0.15, -0.1) is 0 Å². The van der Waals surface area contributed by atoms with E-state index in [0.717, 1.165) is 25.9 Å². The van der Waals surface area contributed by atoms with Crippen molar-refractivity contribution in [1.82, 2.24) is 9.80 Å².